The number of hydrogen-bond donors (Lipinski definition) is 1. The van der Waals surface area contributed by atoms with E-state index in [1.807, 2.05) is 30.4 Å². The van der Waals surface area contributed by atoms with Gasteiger partial charge in [-0.3, -0.25) is 9.78 Å². The molecule has 1 aromatic rings. The Bertz CT molecular complexity index is 864. The molecular formula is C19H18N2O5. The first kappa shape index (κ1) is 17.6. The molecule has 0 amide bonds. The van der Waals surface area contributed by atoms with Gasteiger partial charge in [0.1, 0.15) is 6.61 Å². The van der Waals surface area contributed by atoms with E-state index in [1.165, 1.54) is 7.11 Å². The van der Waals surface area contributed by atoms with Crippen molar-refractivity contribution in [2.45, 2.75) is 6.42 Å². The fourth-order valence-corrected chi connectivity index (χ4v) is 2.59. The van der Waals surface area contributed by atoms with Gasteiger partial charge in [-0.05, 0) is 30.2 Å². The molecule has 0 saturated carbocycles. The van der Waals surface area contributed by atoms with Crippen LogP contribution in [-0.2, 0) is 23.8 Å². The second-order valence-corrected chi connectivity index (χ2v) is 5.54. The van der Waals surface area contributed by atoms with E-state index >= 15 is 0 Å². The summed E-state index contributed by atoms with van der Waals surface area (Å²) in [6, 6.07) is 3.71. The molecule has 2 N–H and O–H groups in total. The lowest BCUT2D eigenvalue weighted by Crippen LogP contribution is -2.18. The molecule has 2 aliphatic rings. The standard InChI is InChI=1S/C19H18N2O5/c1-24-9-10-25-19(23)16-17(22)15(26-18(16)20)11-12-5-2-3-7-14-13(12)6-4-8-21-14/h3-8,11H,2,9-10,20H2,1H3/b15-11-. The van der Waals surface area contributed by atoms with Crippen molar-refractivity contribution in [2.75, 3.05) is 20.3 Å². The van der Waals surface area contributed by atoms with Crippen LogP contribution in [-0.4, -0.2) is 37.1 Å². The number of aromatic nitrogens is 1. The van der Waals surface area contributed by atoms with Gasteiger partial charge in [0.25, 0.3) is 0 Å². The van der Waals surface area contributed by atoms with Crippen LogP contribution in [0.1, 0.15) is 17.7 Å². The Morgan fingerprint density at radius 1 is 1.42 bits per heavy atom. The number of Topliss-reactive ketones (excluding diaryl/α,β-unsaturated/α-hetero) is 1. The highest BCUT2D eigenvalue weighted by Crippen LogP contribution is 2.29. The van der Waals surface area contributed by atoms with Gasteiger partial charge in [0.2, 0.25) is 11.7 Å². The van der Waals surface area contributed by atoms with Crippen LogP contribution in [0.5, 0.6) is 0 Å². The Labute approximate surface area is 150 Å². The lowest BCUT2D eigenvalue weighted by Gasteiger charge is -2.06. The van der Waals surface area contributed by atoms with E-state index in [0.29, 0.717) is 6.42 Å². The van der Waals surface area contributed by atoms with E-state index in [0.717, 1.165) is 16.8 Å². The average Bonchev–Trinajstić information content (AvgIpc) is 2.80. The quantitative estimate of drug-likeness (QED) is 0.372. The van der Waals surface area contributed by atoms with Gasteiger partial charge < -0.3 is 19.9 Å². The van der Waals surface area contributed by atoms with Gasteiger partial charge in [0.15, 0.2) is 11.3 Å². The van der Waals surface area contributed by atoms with Crippen molar-refractivity contribution in [3.05, 3.63) is 65.0 Å². The van der Waals surface area contributed by atoms with Gasteiger partial charge in [-0.2, -0.15) is 0 Å². The lowest BCUT2D eigenvalue weighted by atomic mass is 10.0. The molecule has 7 nitrogen and oxygen atoms in total. The maximum atomic E-state index is 12.5. The average molecular weight is 354 g/mol. The predicted molar refractivity (Wildman–Crippen MR) is 94.1 cm³/mol. The largest absolute Gasteiger partial charge is 0.459 e. The van der Waals surface area contributed by atoms with Gasteiger partial charge in [0.05, 0.1) is 12.3 Å². The summed E-state index contributed by atoms with van der Waals surface area (Å²) in [5.41, 5.74) is 7.83. The SMILES string of the molecule is COCCOC(=O)C1=C(N)O/C(=C\C2=CCC=Cc3ncccc32)C1=O. The number of esters is 1. The lowest BCUT2D eigenvalue weighted by molar-refractivity contribution is -0.141. The van der Waals surface area contributed by atoms with Gasteiger partial charge in [0, 0.05) is 18.9 Å². The monoisotopic (exact) mass is 354 g/mol. The van der Waals surface area contributed by atoms with Crippen LogP contribution in [0, 0.1) is 0 Å². The third kappa shape index (κ3) is 3.57. The van der Waals surface area contributed by atoms with Crippen molar-refractivity contribution in [2.24, 2.45) is 5.73 Å². The summed E-state index contributed by atoms with van der Waals surface area (Å²) in [5.74, 6) is -1.72. The maximum absolute atomic E-state index is 12.5. The fraction of sp³-hybridized carbons (Fsp3) is 0.211. The Morgan fingerprint density at radius 3 is 3.08 bits per heavy atom. The number of fused-ring (bicyclic) bond motifs is 1. The molecule has 1 aromatic heterocycles. The highest BCUT2D eigenvalue weighted by Gasteiger charge is 2.35. The number of nitrogens with zero attached hydrogens (tertiary/aromatic N) is 1. The van der Waals surface area contributed by atoms with Crippen molar-refractivity contribution in [1.29, 1.82) is 0 Å². The molecule has 1 aliphatic heterocycles. The number of allylic oxidation sites excluding steroid dienone is 5. The minimum Gasteiger partial charge on any atom is -0.459 e. The number of rotatable bonds is 5. The minimum absolute atomic E-state index is 0.0221. The number of ether oxygens (including phenoxy) is 3. The van der Waals surface area contributed by atoms with E-state index in [2.05, 4.69) is 4.98 Å². The molecule has 0 radical (unpaired) electrons. The van der Waals surface area contributed by atoms with E-state index in [9.17, 15) is 9.59 Å². The number of carbonyl (C=O) groups is 2. The molecule has 0 fully saturated rings. The summed E-state index contributed by atoms with van der Waals surface area (Å²) in [6.07, 6.45) is 9.78. The Morgan fingerprint density at radius 2 is 2.27 bits per heavy atom. The van der Waals surface area contributed by atoms with Crippen LogP contribution in [0.15, 0.2) is 53.8 Å². The first-order valence-corrected chi connectivity index (χ1v) is 8.04. The van der Waals surface area contributed by atoms with E-state index in [4.69, 9.17) is 19.9 Å². The first-order valence-electron chi connectivity index (χ1n) is 8.04. The molecule has 26 heavy (non-hydrogen) atoms. The van der Waals surface area contributed by atoms with Crippen LogP contribution in [0.4, 0.5) is 0 Å². The van der Waals surface area contributed by atoms with Crippen LogP contribution >= 0.6 is 0 Å². The van der Waals surface area contributed by atoms with Crippen molar-refractivity contribution >= 4 is 23.4 Å². The summed E-state index contributed by atoms with van der Waals surface area (Å²) in [6.45, 7) is 0.245. The fourth-order valence-electron chi connectivity index (χ4n) is 2.59. The zero-order valence-electron chi connectivity index (χ0n) is 14.2. The van der Waals surface area contributed by atoms with Crippen LogP contribution in [0.2, 0.25) is 0 Å². The van der Waals surface area contributed by atoms with E-state index in [-0.39, 0.29) is 30.4 Å². The normalized spacial score (nSPS) is 17.7. The molecule has 3 rings (SSSR count). The Kier molecular flexibility index (Phi) is 5.28. The van der Waals surface area contributed by atoms with E-state index in [1.54, 1.807) is 12.3 Å². The predicted octanol–water partition coefficient (Wildman–Crippen LogP) is 1.73. The third-order valence-corrected chi connectivity index (χ3v) is 3.83. The summed E-state index contributed by atoms with van der Waals surface area (Å²) in [5, 5.41) is 0. The molecule has 1 aliphatic carbocycles. The molecule has 0 saturated heterocycles. The highest BCUT2D eigenvalue weighted by atomic mass is 16.6. The smallest absolute Gasteiger partial charge is 0.347 e. The van der Waals surface area contributed by atoms with Crippen LogP contribution < -0.4 is 5.73 Å². The summed E-state index contributed by atoms with van der Waals surface area (Å²) in [4.78, 5) is 28.9. The zero-order valence-corrected chi connectivity index (χ0v) is 14.2. The summed E-state index contributed by atoms with van der Waals surface area (Å²) < 4.78 is 15.1. The van der Waals surface area contributed by atoms with Crippen molar-refractivity contribution in [3.63, 3.8) is 0 Å². The third-order valence-electron chi connectivity index (χ3n) is 3.83. The van der Waals surface area contributed by atoms with E-state index < -0.39 is 11.8 Å². The highest BCUT2D eigenvalue weighted by molar-refractivity contribution is 6.25. The molecule has 134 valence electrons. The first-order chi connectivity index (χ1) is 12.6. The number of hydrogen-bond acceptors (Lipinski definition) is 7. The molecule has 0 aromatic carbocycles. The van der Waals surface area contributed by atoms with Crippen molar-refractivity contribution in [3.8, 4) is 0 Å². The topological polar surface area (TPSA) is 101 Å². The number of ketones is 1. The van der Waals surface area contributed by atoms with Gasteiger partial charge in [-0.15, -0.1) is 0 Å². The van der Waals surface area contributed by atoms with Crippen molar-refractivity contribution < 1.29 is 23.8 Å². The molecule has 2 heterocycles. The Hall–Kier alpha value is -3.19. The van der Waals surface area contributed by atoms with Crippen LogP contribution in [0.25, 0.3) is 11.6 Å². The molecular weight excluding hydrogens is 336 g/mol. The molecule has 0 unspecified atom stereocenters. The second kappa shape index (κ2) is 7.79. The number of methoxy groups -OCH3 is 1. The Balaban J connectivity index is 1.83. The minimum atomic E-state index is -0.827. The van der Waals surface area contributed by atoms with Gasteiger partial charge in [-0.1, -0.05) is 18.2 Å². The second-order valence-electron chi connectivity index (χ2n) is 5.54. The van der Waals surface area contributed by atoms with Gasteiger partial charge in [-0.25, -0.2) is 4.79 Å². The molecule has 0 bridgehead atoms. The maximum Gasteiger partial charge on any atom is 0.347 e. The zero-order chi connectivity index (χ0) is 18.5. The molecule has 0 spiro atoms. The summed E-state index contributed by atoms with van der Waals surface area (Å²) in [7, 11) is 1.48. The summed E-state index contributed by atoms with van der Waals surface area (Å²) >= 11 is 0. The molecule has 0 atom stereocenters. The van der Waals surface area contributed by atoms with Crippen LogP contribution in [0.3, 0.4) is 0 Å². The van der Waals surface area contributed by atoms with Gasteiger partial charge >= 0.3 is 5.97 Å². The number of pyridine rings is 1. The number of carbonyl (C=O) groups excluding carboxylic acids is 2. The van der Waals surface area contributed by atoms with Crippen molar-refractivity contribution in [1.82, 2.24) is 4.98 Å². The molecule has 7 heteroatoms. The number of nitrogens with two attached hydrogens (primary N) is 1.